The van der Waals surface area contributed by atoms with Gasteiger partial charge in [0, 0.05) is 12.1 Å². The SMILES string of the molecule is S=C(Nc1ccccc1)N1N=C(c2cccs2)CC1c1ccc2c(c1)OCCO2. The van der Waals surface area contributed by atoms with Crippen molar-refractivity contribution in [2.45, 2.75) is 12.5 Å². The predicted octanol–water partition coefficient (Wildman–Crippen LogP) is 5.07. The van der Waals surface area contributed by atoms with Crippen molar-refractivity contribution < 1.29 is 9.47 Å². The van der Waals surface area contributed by atoms with Crippen LogP contribution in [-0.4, -0.2) is 29.0 Å². The monoisotopic (exact) mass is 421 g/mol. The number of anilines is 1. The van der Waals surface area contributed by atoms with E-state index in [-0.39, 0.29) is 6.04 Å². The molecule has 0 radical (unpaired) electrons. The van der Waals surface area contributed by atoms with Gasteiger partial charge in [0.05, 0.1) is 16.6 Å². The molecule has 2 aliphatic rings. The van der Waals surface area contributed by atoms with Crippen molar-refractivity contribution in [2.24, 2.45) is 5.10 Å². The van der Waals surface area contributed by atoms with E-state index in [0.29, 0.717) is 18.3 Å². The molecule has 5 nitrogen and oxygen atoms in total. The number of nitrogens with zero attached hydrogens (tertiary/aromatic N) is 2. The number of ether oxygens (including phenoxy) is 2. The van der Waals surface area contributed by atoms with Crippen LogP contribution in [0.1, 0.15) is 22.9 Å². The molecule has 3 aromatic rings. The van der Waals surface area contributed by atoms with Gasteiger partial charge in [-0.25, -0.2) is 5.01 Å². The van der Waals surface area contributed by atoms with E-state index in [4.69, 9.17) is 26.8 Å². The minimum Gasteiger partial charge on any atom is -0.486 e. The van der Waals surface area contributed by atoms with Gasteiger partial charge in [-0.1, -0.05) is 30.3 Å². The summed E-state index contributed by atoms with van der Waals surface area (Å²) in [6.45, 7) is 1.15. The molecular weight excluding hydrogens is 402 g/mol. The highest BCUT2D eigenvalue weighted by molar-refractivity contribution is 7.80. The maximum Gasteiger partial charge on any atom is 0.194 e. The van der Waals surface area contributed by atoms with Crippen molar-refractivity contribution in [1.82, 2.24) is 5.01 Å². The number of fused-ring (bicyclic) bond motifs is 1. The molecule has 146 valence electrons. The first kappa shape index (κ1) is 18.1. The van der Waals surface area contributed by atoms with E-state index in [1.54, 1.807) is 11.3 Å². The lowest BCUT2D eigenvalue weighted by Gasteiger charge is -2.26. The molecule has 1 atom stereocenters. The average Bonchev–Trinajstić information content (AvgIpc) is 3.44. The molecule has 0 spiro atoms. The van der Waals surface area contributed by atoms with Crippen LogP contribution >= 0.6 is 23.6 Å². The fourth-order valence-electron chi connectivity index (χ4n) is 3.52. The van der Waals surface area contributed by atoms with Crippen LogP contribution in [0.15, 0.2) is 71.1 Å². The molecule has 0 saturated heterocycles. The number of benzene rings is 2. The van der Waals surface area contributed by atoms with Crippen molar-refractivity contribution in [2.75, 3.05) is 18.5 Å². The number of thiophene rings is 1. The molecule has 7 heteroatoms. The summed E-state index contributed by atoms with van der Waals surface area (Å²) in [7, 11) is 0. The van der Waals surface area contributed by atoms with Gasteiger partial charge in [-0.2, -0.15) is 5.10 Å². The van der Waals surface area contributed by atoms with E-state index in [1.807, 2.05) is 53.5 Å². The van der Waals surface area contributed by atoms with Crippen LogP contribution in [0.4, 0.5) is 5.69 Å². The van der Waals surface area contributed by atoms with Gasteiger partial charge >= 0.3 is 0 Å². The van der Waals surface area contributed by atoms with Crippen LogP contribution in [0.2, 0.25) is 0 Å². The van der Waals surface area contributed by atoms with Crippen LogP contribution in [0.3, 0.4) is 0 Å². The summed E-state index contributed by atoms with van der Waals surface area (Å²) in [5.41, 5.74) is 3.08. The number of hydrogen-bond donors (Lipinski definition) is 1. The van der Waals surface area contributed by atoms with Crippen molar-refractivity contribution in [3.8, 4) is 11.5 Å². The Bertz CT molecular complexity index is 1050. The van der Waals surface area contributed by atoms with E-state index in [1.165, 1.54) is 0 Å². The third-order valence-electron chi connectivity index (χ3n) is 4.90. The van der Waals surface area contributed by atoms with Crippen LogP contribution in [0.5, 0.6) is 11.5 Å². The van der Waals surface area contributed by atoms with Crippen LogP contribution in [0, 0.1) is 0 Å². The third kappa shape index (κ3) is 3.71. The normalized spacial score (nSPS) is 17.7. The fraction of sp³-hybridized carbons (Fsp3) is 0.182. The lowest BCUT2D eigenvalue weighted by Crippen LogP contribution is -2.31. The van der Waals surface area contributed by atoms with Gasteiger partial charge in [0.2, 0.25) is 0 Å². The summed E-state index contributed by atoms with van der Waals surface area (Å²) < 4.78 is 11.5. The first-order valence-corrected chi connectivity index (χ1v) is 10.7. The van der Waals surface area contributed by atoms with Gasteiger partial charge in [0.25, 0.3) is 0 Å². The van der Waals surface area contributed by atoms with Gasteiger partial charge in [-0.3, -0.25) is 0 Å². The van der Waals surface area contributed by atoms with E-state index in [0.717, 1.165) is 39.8 Å². The van der Waals surface area contributed by atoms with Gasteiger partial charge in [-0.15, -0.1) is 11.3 Å². The summed E-state index contributed by atoms with van der Waals surface area (Å²) in [4.78, 5) is 1.16. The Hall–Kier alpha value is -2.90. The molecule has 0 fully saturated rings. The van der Waals surface area contributed by atoms with Crippen LogP contribution < -0.4 is 14.8 Å². The molecule has 1 aromatic heterocycles. The molecule has 2 aliphatic heterocycles. The van der Waals surface area contributed by atoms with Gasteiger partial charge in [0.15, 0.2) is 16.6 Å². The summed E-state index contributed by atoms with van der Waals surface area (Å²) in [6.07, 6.45) is 0.775. The Kier molecular flexibility index (Phi) is 4.91. The molecule has 0 saturated carbocycles. The quantitative estimate of drug-likeness (QED) is 0.599. The second kappa shape index (κ2) is 7.85. The lowest BCUT2D eigenvalue weighted by atomic mass is 10.0. The molecule has 1 N–H and O–H groups in total. The van der Waals surface area contributed by atoms with E-state index in [9.17, 15) is 0 Å². The van der Waals surface area contributed by atoms with Gasteiger partial charge in [-0.05, 0) is 53.5 Å². The zero-order chi connectivity index (χ0) is 19.6. The predicted molar refractivity (Wildman–Crippen MR) is 120 cm³/mol. The molecule has 29 heavy (non-hydrogen) atoms. The van der Waals surface area contributed by atoms with E-state index >= 15 is 0 Å². The van der Waals surface area contributed by atoms with Gasteiger partial charge < -0.3 is 14.8 Å². The Balaban J connectivity index is 1.47. The topological polar surface area (TPSA) is 46.1 Å². The second-order valence-corrected chi connectivity index (χ2v) is 8.12. The maximum atomic E-state index is 5.79. The number of para-hydroxylation sites is 1. The second-order valence-electron chi connectivity index (χ2n) is 6.79. The smallest absolute Gasteiger partial charge is 0.194 e. The molecule has 0 bridgehead atoms. The minimum atomic E-state index is -0.00774. The van der Waals surface area contributed by atoms with Crippen LogP contribution in [0.25, 0.3) is 0 Å². The fourth-order valence-corrected chi connectivity index (χ4v) is 4.53. The highest BCUT2D eigenvalue weighted by atomic mass is 32.1. The number of nitrogens with one attached hydrogen (secondary N) is 1. The summed E-state index contributed by atoms with van der Waals surface area (Å²) >= 11 is 7.42. The Morgan fingerprint density at radius 1 is 1.03 bits per heavy atom. The standard InChI is InChI=1S/C22H19N3O2S2/c28-22(23-16-5-2-1-3-6-16)25-18(14-17(24-25)21-7-4-12-29-21)15-8-9-19-20(13-15)27-11-10-26-19/h1-9,12-13,18H,10-11,14H2,(H,23,28). The van der Waals surface area contributed by atoms with Crippen molar-refractivity contribution >= 4 is 40.1 Å². The Labute approximate surface area is 178 Å². The largest absolute Gasteiger partial charge is 0.486 e. The first-order valence-electron chi connectivity index (χ1n) is 9.44. The molecular formula is C22H19N3O2S2. The summed E-state index contributed by atoms with van der Waals surface area (Å²) in [5, 5.41) is 12.7. The van der Waals surface area contributed by atoms with Crippen LogP contribution in [-0.2, 0) is 0 Å². The van der Waals surface area contributed by atoms with Crippen molar-refractivity contribution in [3.63, 3.8) is 0 Å². The van der Waals surface area contributed by atoms with E-state index in [2.05, 4.69) is 22.8 Å². The minimum absolute atomic E-state index is 0.00774. The molecule has 3 heterocycles. The highest BCUT2D eigenvalue weighted by Gasteiger charge is 2.32. The number of rotatable bonds is 3. The molecule has 1 unspecified atom stereocenters. The average molecular weight is 422 g/mol. The van der Waals surface area contributed by atoms with Crippen molar-refractivity contribution in [3.05, 3.63) is 76.5 Å². The van der Waals surface area contributed by atoms with E-state index < -0.39 is 0 Å². The summed E-state index contributed by atoms with van der Waals surface area (Å²) in [5.74, 6) is 1.56. The molecule has 2 aromatic carbocycles. The number of hydrogen-bond acceptors (Lipinski definition) is 5. The Morgan fingerprint density at radius 3 is 2.66 bits per heavy atom. The van der Waals surface area contributed by atoms with Gasteiger partial charge in [0.1, 0.15) is 13.2 Å². The lowest BCUT2D eigenvalue weighted by molar-refractivity contribution is 0.171. The Morgan fingerprint density at radius 2 is 1.86 bits per heavy atom. The molecule has 5 rings (SSSR count). The van der Waals surface area contributed by atoms with Crippen molar-refractivity contribution in [1.29, 1.82) is 0 Å². The maximum absolute atomic E-state index is 5.79. The molecule has 0 aliphatic carbocycles. The zero-order valence-electron chi connectivity index (χ0n) is 15.6. The zero-order valence-corrected chi connectivity index (χ0v) is 17.2. The number of hydrazone groups is 1. The first-order chi connectivity index (χ1) is 14.3. The summed E-state index contributed by atoms with van der Waals surface area (Å²) in [6, 6.07) is 20.2. The highest BCUT2D eigenvalue weighted by Crippen LogP contribution is 2.39. The number of thiocarbonyl (C=S) groups is 1. The molecule has 0 amide bonds. The third-order valence-corrected chi connectivity index (χ3v) is 6.11.